The summed E-state index contributed by atoms with van der Waals surface area (Å²) < 4.78 is 2.49. The fourth-order valence-electron chi connectivity index (χ4n) is 9.88. The molecule has 9 aromatic carbocycles. The number of nitrogens with zero attached hydrogens (tertiary/aromatic N) is 3. The number of fused-ring (bicyclic) bond motifs is 8. The Morgan fingerprint density at radius 1 is 0.400 bits per heavy atom. The van der Waals surface area contributed by atoms with E-state index in [1.807, 2.05) is 12.1 Å². The normalized spacial score (nSPS) is 13.0. The SMILES string of the molecule is CC1(C)c2ccccc2-c2cc(-c3ccc4c(c3)c3cccc(-c5cccc(-c6nc(-c7ccccc7)c7ccccc7n6)c5)c3n4-c3cccc4ccccc34)ccc21. The summed E-state index contributed by atoms with van der Waals surface area (Å²) in [5.74, 6) is 0.709. The van der Waals surface area contributed by atoms with E-state index in [1.54, 1.807) is 0 Å². The fourth-order valence-corrected chi connectivity index (χ4v) is 9.88. The van der Waals surface area contributed by atoms with Gasteiger partial charge in [-0.2, -0.15) is 0 Å². The highest BCUT2D eigenvalue weighted by atomic mass is 15.0. The van der Waals surface area contributed by atoms with Crippen LogP contribution >= 0.6 is 0 Å². The number of hydrogen-bond acceptors (Lipinski definition) is 2. The number of rotatable bonds is 5. The molecular weight excluding hydrogens is 727 g/mol. The Hall–Kier alpha value is -7.62. The van der Waals surface area contributed by atoms with Crippen LogP contribution in [0.4, 0.5) is 0 Å². The molecule has 3 nitrogen and oxygen atoms in total. The zero-order valence-corrected chi connectivity index (χ0v) is 33.4. The van der Waals surface area contributed by atoms with Crippen LogP contribution in [0, 0.1) is 0 Å². The van der Waals surface area contributed by atoms with E-state index in [2.05, 4.69) is 206 Å². The van der Waals surface area contributed by atoms with Crippen molar-refractivity contribution in [2.75, 3.05) is 0 Å². The molecule has 2 aromatic heterocycles. The van der Waals surface area contributed by atoms with Crippen molar-refractivity contribution in [1.82, 2.24) is 14.5 Å². The molecule has 0 atom stereocenters. The van der Waals surface area contributed by atoms with Crippen molar-refractivity contribution < 1.29 is 0 Å². The molecule has 0 saturated heterocycles. The smallest absolute Gasteiger partial charge is 0.160 e. The maximum absolute atomic E-state index is 5.24. The topological polar surface area (TPSA) is 30.7 Å². The summed E-state index contributed by atoms with van der Waals surface area (Å²) >= 11 is 0. The number of para-hydroxylation sites is 2. The van der Waals surface area contributed by atoms with Gasteiger partial charge in [-0.05, 0) is 80.7 Å². The molecule has 0 bridgehead atoms. The molecule has 282 valence electrons. The van der Waals surface area contributed by atoms with Crippen molar-refractivity contribution in [2.24, 2.45) is 0 Å². The maximum atomic E-state index is 5.24. The first-order chi connectivity index (χ1) is 29.5. The highest BCUT2D eigenvalue weighted by molar-refractivity contribution is 6.16. The molecule has 11 aromatic rings. The van der Waals surface area contributed by atoms with Gasteiger partial charge >= 0.3 is 0 Å². The van der Waals surface area contributed by atoms with Crippen LogP contribution in [0.15, 0.2) is 200 Å². The van der Waals surface area contributed by atoms with Gasteiger partial charge < -0.3 is 4.57 Å². The highest BCUT2D eigenvalue weighted by Gasteiger charge is 2.35. The molecule has 2 heterocycles. The Bertz CT molecular complexity index is 3510. The molecule has 0 amide bonds. The van der Waals surface area contributed by atoms with Crippen molar-refractivity contribution >= 4 is 43.5 Å². The Morgan fingerprint density at radius 2 is 1.05 bits per heavy atom. The molecule has 1 aliphatic rings. The van der Waals surface area contributed by atoms with Crippen LogP contribution in [0.3, 0.4) is 0 Å². The molecule has 0 saturated carbocycles. The van der Waals surface area contributed by atoms with Crippen LogP contribution in [0.25, 0.3) is 105 Å². The van der Waals surface area contributed by atoms with Crippen LogP contribution in [0.5, 0.6) is 0 Å². The van der Waals surface area contributed by atoms with Gasteiger partial charge in [-0.1, -0.05) is 178 Å². The number of benzene rings is 9. The lowest BCUT2D eigenvalue weighted by Crippen LogP contribution is -2.14. The summed E-state index contributed by atoms with van der Waals surface area (Å²) in [7, 11) is 0. The summed E-state index contributed by atoms with van der Waals surface area (Å²) in [6.07, 6.45) is 0. The first kappa shape index (κ1) is 34.4. The van der Waals surface area contributed by atoms with Crippen LogP contribution < -0.4 is 0 Å². The standard InChI is InChI=1S/C57H39N3/c1-57(2)49-26-10-8-22-44(49)47-34-38(29-31-50(47)57)39-30-32-53-48(35-39)45-25-14-24-43(55(45)60(53)52-28-13-18-36-15-6-7-21-42(36)52)40-19-12-20-41(33-40)56-58-51-27-11-9-23-46(51)54(59-56)37-16-4-3-5-17-37/h3-35H,1-2H3. The van der Waals surface area contributed by atoms with Gasteiger partial charge in [0.15, 0.2) is 5.82 Å². The van der Waals surface area contributed by atoms with E-state index in [4.69, 9.17) is 9.97 Å². The number of aromatic nitrogens is 3. The van der Waals surface area contributed by atoms with Crippen molar-refractivity contribution in [1.29, 1.82) is 0 Å². The summed E-state index contributed by atoms with van der Waals surface area (Å²) in [5, 5.41) is 5.90. The lowest BCUT2D eigenvalue weighted by molar-refractivity contribution is 0.660. The molecule has 0 spiro atoms. The second-order valence-electron chi connectivity index (χ2n) is 16.6. The van der Waals surface area contributed by atoms with Gasteiger partial charge in [-0.25, -0.2) is 9.97 Å². The minimum Gasteiger partial charge on any atom is -0.308 e. The predicted octanol–water partition coefficient (Wildman–Crippen LogP) is 14.9. The average molecular weight is 766 g/mol. The Kier molecular flexibility index (Phi) is 7.58. The molecule has 0 unspecified atom stereocenters. The summed E-state index contributed by atoms with van der Waals surface area (Å²) in [6, 6.07) is 72.6. The lowest BCUT2D eigenvalue weighted by atomic mass is 9.82. The fraction of sp³-hybridized carbons (Fsp3) is 0.0526. The molecule has 0 radical (unpaired) electrons. The van der Waals surface area contributed by atoms with Gasteiger partial charge in [-0.3, -0.25) is 0 Å². The minimum absolute atomic E-state index is 0.0292. The quantitative estimate of drug-likeness (QED) is 0.175. The van der Waals surface area contributed by atoms with Crippen LogP contribution in [0.1, 0.15) is 25.0 Å². The first-order valence-corrected chi connectivity index (χ1v) is 20.7. The minimum atomic E-state index is -0.0292. The van der Waals surface area contributed by atoms with Gasteiger partial charge in [-0.15, -0.1) is 0 Å². The second kappa shape index (κ2) is 13.2. The molecule has 0 N–H and O–H groups in total. The van der Waals surface area contributed by atoms with E-state index >= 15 is 0 Å². The Morgan fingerprint density at radius 3 is 1.97 bits per heavy atom. The summed E-state index contributed by atoms with van der Waals surface area (Å²) in [4.78, 5) is 10.4. The van der Waals surface area contributed by atoms with Crippen molar-refractivity contribution in [3.05, 3.63) is 211 Å². The zero-order valence-electron chi connectivity index (χ0n) is 33.4. The van der Waals surface area contributed by atoms with E-state index in [1.165, 1.54) is 66.0 Å². The van der Waals surface area contributed by atoms with Crippen LogP contribution in [-0.4, -0.2) is 14.5 Å². The van der Waals surface area contributed by atoms with Gasteiger partial charge in [0.25, 0.3) is 0 Å². The number of hydrogen-bond donors (Lipinski definition) is 0. The molecular formula is C57H39N3. The average Bonchev–Trinajstić information content (AvgIpc) is 3.76. The van der Waals surface area contributed by atoms with E-state index in [0.717, 1.165) is 44.5 Å². The van der Waals surface area contributed by atoms with Crippen LogP contribution in [-0.2, 0) is 5.41 Å². The summed E-state index contributed by atoms with van der Waals surface area (Å²) in [5.41, 5.74) is 17.5. The van der Waals surface area contributed by atoms with E-state index in [-0.39, 0.29) is 5.41 Å². The third kappa shape index (κ3) is 5.22. The molecule has 1 aliphatic carbocycles. The Balaban J connectivity index is 1.08. The van der Waals surface area contributed by atoms with Gasteiger partial charge in [0.1, 0.15) is 0 Å². The monoisotopic (exact) mass is 765 g/mol. The largest absolute Gasteiger partial charge is 0.308 e. The van der Waals surface area contributed by atoms with Gasteiger partial charge in [0.05, 0.1) is 27.9 Å². The molecule has 0 aliphatic heterocycles. The second-order valence-corrected chi connectivity index (χ2v) is 16.6. The molecule has 60 heavy (non-hydrogen) atoms. The molecule has 12 rings (SSSR count). The predicted molar refractivity (Wildman–Crippen MR) is 251 cm³/mol. The maximum Gasteiger partial charge on any atom is 0.160 e. The van der Waals surface area contributed by atoms with Crippen molar-refractivity contribution in [3.8, 4) is 61.7 Å². The first-order valence-electron chi connectivity index (χ1n) is 20.7. The Labute approximate surface area is 348 Å². The lowest BCUT2D eigenvalue weighted by Gasteiger charge is -2.21. The third-order valence-electron chi connectivity index (χ3n) is 12.8. The van der Waals surface area contributed by atoms with Gasteiger partial charge in [0.2, 0.25) is 0 Å². The molecule has 0 fully saturated rings. The zero-order chi connectivity index (χ0) is 40.0. The molecule has 3 heteroatoms. The van der Waals surface area contributed by atoms with E-state index < -0.39 is 0 Å². The highest BCUT2D eigenvalue weighted by Crippen LogP contribution is 2.50. The van der Waals surface area contributed by atoms with Gasteiger partial charge in [0, 0.05) is 43.7 Å². The van der Waals surface area contributed by atoms with E-state index in [9.17, 15) is 0 Å². The third-order valence-corrected chi connectivity index (χ3v) is 12.8. The summed E-state index contributed by atoms with van der Waals surface area (Å²) in [6.45, 7) is 4.69. The van der Waals surface area contributed by atoms with Crippen molar-refractivity contribution in [2.45, 2.75) is 19.3 Å². The van der Waals surface area contributed by atoms with Crippen molar-refractivity contribution in [3.63, 3.8) is 0 Å². The van der Waals surface area contributed by atoms with E-state index in [0.29, 0.717) is 5.82 Å². The van der Waals surface area contributed by atoms with Crippen LogP contribution in [0.2, 0.25) is 0 Å².